The van der Waals surface area contributed by atoms with Crippen LogP contribution < -0.4 is 10.6 Å². The van der Waals surface area contributed by atoms with E-state index in [1.807, 2.05) is 6.26 Å². The van der Waals surface area contributed by atoms with E-state index in [0.29, 0.717) is 18.3 Å². The second-order valence-electron chi connectivity index (χ2n) is 5.45. The van der Waals surface area contributed by atoms with Gasteiger partial charge in [0.2, 0.25) is 0 Å². The summed E-state index contributed by atoms with van der Waals surface area (Å²) < 4.78 is 5.13. The van der Waals surface area contributed by atoms with Crippen LogP contribution in [0, 0.1) is 0 Å². The highest BCUT2D eigenvalue weighted by Gasteiger charge is 2.44. The van der Waals surface area contributed by atoms with Gasteiger partial charge in [-0.15, -0.1) is 0 Å². The highest BCUT2D eigenvalue weighted by atomic mass is 32.2. The van der Waals surface area contributed by atoms with Gasteiger partial charge < -0.3 is 20.5 Å². The minimum Gasteiger partial charge on any atom is -0.479 e. The summed E-state index contributed by atoms with van der Waals surface area (Å²) in [5.74, 6) is -1.03. The molecule has 1 aliphatic carbocycles. The maximum Gasteiger partial charge on any atom is 0.332 e. The molecule has 2 fully saturated rings. The number of carbonyl (C=O) groups excluding carboxylic acids is 1. The van der Waals surface area contributed by atoms with E-state index in [4.69, 9.17) is 4.74 Å². The summed E-state index contributed by atoms with van der Waals surface area (Å²) >= 11 is 1.76. The Hall–Kier alpha value is -0.950. The molecular weight excluding hydrogens is 280 g/mol. The Morgan fingerprint density at radius 3 is 2.70 bits per heavy atom. The number of urea groups is 1. The van der Waals surface area contributed by atoms with E-state index in [9.17, 15) is 14.7 Å². The zero-order chi connectivity index (χ0) is 14.6. The number of carbonyl (C=O) groups is 2. The third kappa shape index (κ3) is 3.38. The van der Waals surface area contributed by atoms with E-state index in [-0.39, 0.29) is 12.6 Å². The predicted molar refractivity (Wildman–Crippen MR) is 77.0 cm³/mol. The number of aliphatic carboxylic acids is 1. The summed E-state index contributed by atoms with van der Waals surface area (Å²) in [6.07, 6.45) is 6.71. The van der Waals surface area contributed by atoms with Gasteiger partial charge in [0.25, 0.3) is 0 Å². The number of carboxylic acid groups (broad SMARTS) is 1. The van der Waals surface area contributed by atoms with Crippen LogP contribution in [0.15, 0.2) is 0 Å². The van der Waals surface area contributed by atoms with Crippen LogP contribution in [0.25, 0.3) is 0 Å². The molecule has 2 rings (SSSR count). The van der Waals surface area contributed by atoms with Crippen LogP contribution in [-0.2, 0) is 9.53 Å². The molecule has 3 atom stereocenters. The van der Waals surface area contributed by atoms with Crippen LogP contribution in [0.4, 0.5) is 4.79 Å². The van der Waals surface area contributed by atoms with Gasteiger partial charge in [0, 0.05) is 24.3 Å². The fraction of sp³-hybridized carbons (Fsp3) is 0.846. The number of nitrogens with one attached hydrogen (secondary N) is 2. The van der Waals surface area contributed by atoms with Crippen LogP contribution in [-0.4, -0.2) is 53.4 Å². The van der Waals surface area contributed by atoms with E-state index >= 15 is 0 Å². The zero-order valence-corrected chi connectivity index (χ0v) is 12.5. The van der Waals surface area contributed by atoms with Gasteiger partial charge in [-0.2, -0.15) is 11.8 Å². The van der Waals surface area contributed by atoms with Gasteiger partial charge in [-0.05, 0) is 19.1 Å². The molecule has 1 aliphatic heterocycles. The Kier molecular flexibility index (Phi) is 5.15. The van der Waals surface area contributed by atoms with Crippen molar-refractivity contribution in [2.45, 2.75) is 48.9 Å². The van der Waals surface area contributed by atoms with Crippen LogP contribution in [0.2, 0.25) is 0 Å². The monoisotopic (exact) mass is 302 g/mol. The summed E-state index contributed by atoms with van der Waals surface area (Å²) in [5, 5.41) is 15.2. The maximum absolute atomic E-state index is 12.1. The van der Waals surface area contributed by atoms with Crippen molar-refractivity contribution in [1.82, 2.24) is 10.6 Å². The van der Waals surface area contributed by atoms with E-state index in [0.717, 1.165) is 19.3 Å². The molecule has 2 aliphatic rings. The molecule has 0 aromatic carbocycles. The molecule has 20 heavy (non-hydrogen) atoms. The molecule has 6 nitrogen and oxygen atoms in total. The molecule has 114 valence electrons. The fourth-order valence-corrected chi connectivity index (χ4v) is 3.79. The van der Waals surface area contributed by atoms with Gasteiger partial charge in [-0.25, -0.2) is 9.59 Å². The number of ether oxygens (including phenoxy) is 1. The first-order valence-electron chi connectivity index (χ1n) is 7.00. The third-order valence-corrected chi connectivity index (χ3v) is 5.28. The lowest BCUT2D eigenvalue weighted by atomic mass is 9.95. The number of hydrogen-bond donors (Lipinski definition) is 3. The van der Waals surface area contributed by atoms with Crippen molar-refractivity contribution >= 4 is 23.8 Å². The average molecular weight is 302 g/mol. The van der Waals surface area contributed by atoms with Gasteiger partial charge in [-0.1, -0.05) is 12.8 Å². The molecule has 1 saturated heterocycles. The first-order valence-corrected chi connectivity index (χ1v) is 8.29. The Morgan fingerprint density at radius 1 is 1.35 bits per heavy atom. The molecule has 2 amide bonds. The van der Waals surface area contributed by atoms with E-state index in [2.05, 4.69) is 10.6 Å². The molecule has 0 aromatic rings. The molecule has 1 heterocycles. The second kappa shape index (κ2) is 6.67. The summed E-state index contributed by atoms with van der Waals surface area (Å²) in [4.78, 5) is 23.4. The van der Waals surface area contributed by atoms with Crippen LogP contribution in [0.1, 0.15) is 32.1 Å². The van der Waals surface area contributed by atoms with Crippen molar-refractivity contribution in [2.75, 3.05) is 19.5 Å². The molecule has 0 aromatic heterocycles. The van der Waals surface area contributed by atoms with E-state index in [1.54, 1.807) is 11.8 Å². The summed E-state index contributed by atoms with van der Waals surface area (Å²) in [6, 6.07) is -0.282. The van der Waals surface area contributed by atoms with E-state index in [1.165, 1.54) is 6.42 Å². The predicted octanol–water partition coefficient (Wildman–Crippen LogP) is 1.20. The molecule has 3 unspecified atom stereocenters. The molecule has 0 spiro atoms. The topological polar surface area (TPSA) is 87.7 Å². The SMILES string of the molecule is CSC1CCCCC1NC(=O)NC1(C(=O)O)CCOC1. The van der Waals surface area contributed by atoms with Gasteiger partial charge in [0.15, 0.2) is 5.54 Å². The van der Waals surface area contributed by atoms with Crippen LogP contribution in [0.3, 0.4) is 0 Å². The standard InChI is InChI=1S/C13H22N2O4S/c1-20-10-5-3-2-4-9(10)14-12(18)15-13(11(16)17)6-7-19-8-13/h9-10H,2-8H2,1H3,(H,16,17)(H2,14,15,18). The summed E-state index contributed by atoms with van der Waals surface area (Å²) in [7, 11) is 0. The van der Waals surface area contributed by atoms with Gasteiger partial charge in [0.1, 0.15) is 0 Å². The van der Waals surface area contributed by atoms with Crippen molar-refractivity contribution in [3.63, 3.8) is 0 Å². The number of amides is 2. The minimum atomic E-state index is -1.27. The lowest BCUT2D eigenvalue weighted by Gasteiger charge is -2.32. The van der Waals surface area contributed by atoms with Crippen molar-refractivity contribution < 1.29 is 19.4 Å². The molecule has 0 radical (unpaired) electrons. The van der Waals surface area contributed by atoms with E-state index < -0.39 is 17.5 Å². The highest BCUT2D eigenvalue weighted by molar-refractivity contribution is 7.99. The third-order valence-electron chi connectivity index (χ3n) is 4.11. The normalized spacial score (nSPS) is 33.6. The molecular formula is C13H22N2O4S. The van der Waals surface area contributed by atoms with Crippen LogP contribution in [0.5, 0.6) is 0 Å². The van der Waals surface area contributed by atoms with Crippen LogP contribution >= 0.6 is 11.8 Å². The van der Waals surface area contributed by atoms with Gasteiger partial charge >= 0.3 is 12.0 Å². The second-order valence-corrected chi connectivity index (χ2v) is 6.53. The maximum atomic E-state index is 12.1. The minimum absolute atomic E-state index is 0.0341. The summed E-state index contributed by atoms with van der Waals surface area (Å²) in [6.45, 7) is 0.399. The van der Waals surface area contributed by atoms with Crippen molar-refractivity contribution in [3.8, 4) is 0 Å². The lowest BCUT2D eigenvalue weighted by Crippen LogP contribution is -2.60. The number of hydrogen-bond acceptors (Lipinski definition) is 4. The summed E-state index contributed by atoms with van der Waals surface area (Å²) in [5.41, 5.74) is -1.27. The number of rotatable bonds is 4. The zero-order valence-electron chi connectivity index (χ0n) is 11.7. The Morgan fingerprint density at radius 2 is 2.10 bits per heavy atom. The smallest absolute Gasteiger partial charge is 0.332 e. The largest absolute Gasteiger partial charge is 0.479 e. The highest BCUT2D eigenvalue weighted by Crippen LogP contribution is 2.27. The average Bonchev–Trinajstić information content (AvgIpc) is 2.89. The lowest BCUT2D eigenvalue weighted by molar-refractivity contribution is -0.144. The first-order chi connectivity index (χ1) is 9.57. The fourth-order valence-electron chi connectivity index (χ4n) is 2.85. The van der Waals surface area contributed by atoms with Crippen molar-refractivity contribution in [1.29, 1.82) is 0 Å². The quantitative estimate of drug-likeness (QED) is 0.726. The van der Waals surface area contributed by atoms with Crippen molar-refractivity contribution in [2.24, 2.45) is 0 Å². The molecule has 7 heteroatoms. The molecule has 3 N–H and O–H groups in total. The first kappa shape index (κ1) is 15.4. The van der Waals surface area contributed by atoms with Gasteiger partial charge in [0.05, 0.1) is 6.61 Å². The Bertz CT molecular complexity index is 371. The van der Waals surface area contributed by atoms with Crippen molar-refractivity contribution in [3.05, 3.63) is 0 Å². The Balaban J connectivity index is 1.92. The number of thioether (sulfide) groups is 1. The molecule has 1 saturated carbocycles. The molecule has 0 bridgehead atoms. The van der Waals surface area contributed by atoms with Gasteiger partial charge in [-0.3, -0.25) is 0 Å². The Labute approximate surface area is 123 Å². The number of carboxylic acids is 1.